The molecule has 4 nitrogen and oxygen atoms in total. The van der Waals surface area contributed by atoms with E-state index >= 15 is 0 Å². The molecule has 0 N–H and O–H groups in total. The highest BCUT2D eigenvalue weighted by Crippen LogP contribution is 2.19. The highest BCUT2D eigenvalue weighted by atomic mass is 17.2. The molecule has 1 heterocycles. The normalized spacial score (nSPS) is 17.6. The fourth-order valence-electron chi connectivity index (χ4n) is 2.96. The van der Waals surface area contributed by atoms with Crippen LogP contribution in [0.4, 0.5) is 0 Å². The standard InChI is InChI=1S/C20H23NO3/c1-2-21-13-12-18(15-21)20(22)24-23-19-10-8-17(9-11-19)14-16-6-4-3-5-7-16/h3-11,18H,2,12-15H2,1H3. The van der Waals surface area contributed by atoms with E-state index in [9.17, 15) is 4.79 Å². The van der Waals surface area contributed by atoms with Crippen LogP contribution >= 0.6 is 0 Å². The Bertz CT molecular complexity index is 654. The molecule has 1 unspecified atom stereocenters. The van der Waals surface area contributed by atoms with Crippen LogP contribution in [0, 0.1) is 5.92 Å². The number of likely N-dealkylation sites (tertiary alicyclic amines) is 1. The van der Waals surface area contributed by atoms with Gasteiger partial charge in [0.25, 0.3) is 0 Å². The Morgan fingerprint density at radius 1 is 1.08 bits per heavy atom. The van der Waals surface area contributed by atoms with Crippen LogP contribution in [0.1, 0.15) is 24.5 Å². The van der Waals surface area contributed by atoms with Crippen molar-refractivity contribution < 1.29 is 14.6 Å². The van der Waals surface area contributed by atoms with Gasteiger partial charge in [0.2, 0.25) is 0 Å². The van der Waals surface area contributed by atoms with Crippen molar-refractivity contribution in [2.75, 3.05) is 19.6 Å². The molecule has 3 rings (SSSR count). The predicted octanol–water partition coefficient (Wildman–Crippen LogP) is 3.46. The number of carbonyl (C=O) groups excluding carboxylic acids is 1. The third-order valence-corrected chi connectivity index (χ3v) is 4.45. The average molecular weight is 325 g/mol. The SMILES string of the molecule is CCN1CCC(C(=O)OOc2ccc(Cc3ccccc3)cc2)C1. The van der Waals surface area contributed by atoms with Crippen molar-refractivity contribution in [2.45, 2.75) is 19.8 Å². The van der Waals surface area contributed by atoms with Gasteiger partial charge in [0.05, 0.1) is 5.92 Å². The Morgan fingerprint density at radius 2 is 1.79 bits per heavy atom. The van der Waals surface area contributed by atoms with Gasteiger partial charge in [-0.1, -0.05) is 49.4 Å². The van der Waals surface area contributed by atoms with Gasteiger partial charge in [0, 0.05) is 6.54 Å². The van der Waals surface area contributed by atoms with E-state index in [1.807, 2.05) is 42.5 Å². The first-order valence-electron chi connectivity index (χ1n) is 8.48. The lowest BCUT2D eigenvalue weighted by Gasteiger charge is -2.12. The molecular weight excluding hydrogens is 302 g/mol. The van der Waals surface area contributed by atoms with Gasteiger partial charge < -0.3 is 4.90 Å². The van der Waals surface area contributed by atoms with Crippen molar-refractivity contribution in [3.63, 3.8) is 0 Å². The number of benzene rings is 2. The monoisotopic (exact) mass is 325 g/mol. The fourth-order valence-corrected chi connectivity index (χ4v) is 2.96. The lowest BCUT2D eigenvalue weighted by molar-refractivity contribution is -0.218. The number of hydrogen-bond acceptors (Lipinski definition) is 4. The summed E-state index contributed by atoms with van der Waals surface area (Å²) in [5, 5.41) is 0. The van der Waals surface area contributed by atoms with Gasteiger partial charge in [-0.15, -0.1) is 0 Å². The second-order valence-electron chi connectivity index (χ2n) is 6.17. The van der Waals surface area contributed by atoms with Crippen molar-refractivity contribution in [3.8, 4) is 5.75 Å². The van der Waals surface area contributed by atoms with E-state index in [-0.39, 0.29) is 11.9 Å². The molecule has 0 spiro atoms. The van der Waals surface area contributed by atoms with Crippen molar-refractivity contribution in [1.82, 2.24) is 4.90 Å². The molecule has 0 aliphatic carbocycles. The third-order valence-electron chi connectivity index (χ3n) is 4.45. The van der Waals surface area contributed by atoms with Crippen molar-refractivity contribution in [2.24, 2.45) is 5.92 Å². The Hall–Kier alpha value is -2.33. The van der Waals surface area contributed by atoms with Gasteiger partial charge in [-0.2, -0.15) is 0 Å². The average Bonchev–Trinajstić information content (AvgIpc) is 3.11. The molecule has 1 aliphatic heterocycles. The molecular formula is C20H23NO3. The van der Waals surface area contributed by atoms with Crippen LogP contribution in [0.3, 0.4) is 0 Å². The lowest BCUT2D eigenvalue weighted by Crippen LogP contribution is -2.24. The molecule has 0 saturated carbocycles. The van der Waals surface area contributed by atoms with Crippen LogP contribution < -0.4 is 4.89 Å². The number of hydrogen-bond donors (Lipinski definition) is 0. The summed E-state index contributed by atoms with van der Waals surface area (Å²) < 4.78 is 0. The molecule has 2 aromatic carbocycles. The van der Waals surface area contributed by atoms with Gasteiger partial charge in [-0.25, -0.2) is 4.79 Å². The zero-order valence-electron chi connectivity index (χ0n) is 14.0. The summed E-state index contributed by atoms with van der Waals surface area (Å²) in [6.45, 7) is 4.77. The van der Waals surface area contributed by atoms with E-state index in [2.05, 4.69) is 24.0 Å². The van der Waals surface area contributed by atoms with E-state index in [1.54, 1.807) is 0 Å². The predicted molar refractivity (Wildman–Crippen MR) is 92.6 cm³/mol. The maximum atomic E-state index is 12.0. The van der Waals surface area contributed by atoms with Gasteiger partial charge in [-0.05, 0) is 49.2 Å². The van der Waals surface area contributed by atoms with Crippen molar-refractivity contribution in [3.05, 3.63) is 65.7 Å². The smallest absolute Gasteiger partial charge is 0.303 e. The molecule has 24 heavy (non-hydrogen) atoms. The Morgan fingerprint density at radius 3 is 2.46 bits per heavy atom. The number of nitrogens with zero attached hydrogens (tertiary/aromatic N) is 1. The summed E-state index contributed by atoms with van der Waals surface area (Å²) in [7, 11) is 0. The maximum Gasteiger partial charge on any atom is 0.359 e. The first-order chi connectivity index (χ1) is 11.7. The third kappa shape index (κ3) is 4.36. The Balaban J connectivity index is 1.48. The Kier molecular flexibility index (Phi) is 5.49. The summed E-state index contributed by atoms with van der Waals surface area (Å²) in [5.41, 5.74) is 2.45. The molecule has 1 fully saturated rings. The van der Waals surface area contributed by atoms with Gasteiger partial charge in [0.15, 0.2) is 5.75 Å². The van der Waals surface area contributed by atoms with E-state index in [4.69, 9.17) is 9.78 Å². The number of carbonyl (C=O) groups is 1. The maximum absolute atomic E-state index is 12.0. The first-order valence-corrected chi connectivity index (χ1v) is 8.48. The summed E-state index contributed by atoms with van der Waals surface area (Å²) in [6.07, 6.45) is 1.71. The second-order valence-corrected chi connectivity index (χ2v) is 6.17. The molecule has 126 valence electrons. The minimum Gasteiger partial charge on any atom is -0.303 e. The minimum atomic E-state index is -0.278. The zero-order valence-corrected chi connectivity index (χ0v) is 14.0. The van der Waals surface area contributed by atoms with Crippen molar-refractivity contribution in [1.29, 1.82) is 0 Å². The zero-order chi connectivity index (χ0) is 16.8. The minimum absolute atomic E-state index is 0.0812. The first kappa shape index (κ1) is 16.5. The number of rotatable bonds is 6. The van der Waals surface area contributed by atoms with E-state index in [0.717, 1.165) is 32.5 Å². The van der Waals surface area contributed by atoms with E-state index in [0.29, 0.717) is 5.75 Å². The van der Waals surface area contributed by atoms with E-state index < -0.39 is 0 Å². The van der Waals surface area contributed by atoms with Crippen LogP contribution in [-0.4, -0.2) is 30.5 Å². The topological polar surface area (TPSA) is 38.8 Å². The molecule has 1 aliphatic rings. The van der Waals surface area contributed by atoms with Crippen LogP contribution in [0.2, 0.25) is 0 Å². The molecule has 0 aromatic heterocycles. The van der Waals surface area contributed by atoms with Crippen LogP contribution in [-0.2, 0) is 16.1 Å². The molecule has 4 heteroatoms. The molecule has 1 saturated heterocycles. The molecule has 0 radical (unpaired) electrons. The highest BCUT2D eigenvalue weighted by molar-refractivity contribution is 5.72. The summed E-state index contributed by atoms with van der Waals surface area (Å²) >= 11 is 0. The summed E-state index contributed by atoms with van der Waals surface area (Å²) in [4.78, 5) is 24.4. The van der Waals surface area contributed by atoms with Crippen LogP contribution in [0.25, 0.3) is 0 Å². The summed E-state index contributed by atoms with van der Waals surface area (Å²) in [6, 6.07) is 17.9. The quantitative estimate of drug-likeness (QED) is 0.602. The molecule has 1 atom stereocenters. The van der Waals surface area contributed by atoms with Crippen molar-refractivity contribution >= 4 is 5.97 Å². The molecule has 0 amide bonds. The van der Waals surface area contributed by atoms with Crippen LogP contribution in [0.15, 0.2) is 54.6 Å². The van der Waals surface area contributed by atoms with Gasteiger partial charge in [0.1, 0.15) is 0 Å². The highest BCUT2D eigenvalue weighted by Gasteiger charge is 2.29. The van der Waals surface area contributed by atoms with Gasteiger partial charge in [-0.3, -0.25) is 9.78 Å². The second kappa shape index (κ2) is 7.97. The lowest BCUT2D eigenvalue weighted by atomic mass is 10.1. The molecule has 2 aromatic rings. The molecule has 0 bridgehead atoms. The largest absolute Gasteiger partial charge is 0.359 e. The summed E-state index contributed by atoms with van der Waals surface area (Å²) in [5.74, 6) is 0.187. The fraction of sp³-hybridized carbons (Fsp3) is 0.350. The van der Waals surface area contributed by atoms with Gasteiger partial charge >= 0.3 is 5.97 Å². The Labute approximate surface area is 142 Å². The van der Waals surface area contributed by atoms with E-state index in [1.165, 1.54) is 11.1 Å². The van der Waals surface area contributed by atoms with Crippen LogP contribution in [0.5, 0.6) is 5.75 Å².